The molecule has 0 aliphatic carbocycles. The fourth-order valence-electron chi connectivity index (χ4n) is 2.15. The van der Waals surface area contributed by atoms with Gasteiger partial charge in [-0.3, -0.25) is 9.59 Å². The van der Waals surface area contributed by atoms with Gasteiger partial charge >= 0.3 is 0 Å². The van der Waals surface area contributed by atoms with Gasteiger partial charge in [-0.15, -0.1) is 0 Å². The maximum absolute atomic E-state index is 12.4. The van der Waals surface area contributed by atoms with Crippen LogP contribution in [0.4, 0.5) is 5.69 Å². The predicted molar refractivity (Wildman–Crippen MR) is 99.2 cm³/mol. The molecule has 25 heavy (non-hydrogen) atoms. The maximum Gasteiger partial charge on any atom is 0.255 e. The van der Waals surface area contributed by atoms with E-state index in [0.29, 0.717) is 35.1 Å². The molecule has 0 spiro atoms. The molecule has 132 valence electrons. The Morgan fingerprint density at radius 3 is 2.32 bits per heavy atom. The maximum atomic E-state index is 12.4. The first-order valence-electron chi connectivity index (χ1n) is 8.22. The fourth-order valence-corrected chi connectivity index (χ4v) is 2.15. The molecule has 5 nitrogen and oxygen atoms in total. The normalized spacial score (nSPS) is 10.4. The molecule has 0 aromatic heterocycles. The van der Waals surface area contributed by atoms with Gasteiger partial charge in [0.15, 0.2) is 0 Å². The number of carbonyl (C=O) groups is 2. The number of rotatable bonds is 6. The molecule has 5 heteroatoms. The summed E-state index contributed by atoms with van der Waals surface area (Å²) in [4.78, 5) is 25.8. The van der Waals surface area contributed by atoms with E-state index in [1.807, 2.05) is 6.07 Å². The van der Waals surface area contributed by atoms with Gasteiger partial charge in [0.25, 0.3) is 11.8 Å². The van der Waals surface area contributed by atoms with E-state index in [0.717, 1.165) is 0 Å². The molecule has 0 aliphatic heterocycles. The van der Waals surface area contributed by atoms with E-state index in [9.17, 15) is 9.59 Å². The summed E-state index contributed by atoms with van der Waals surface area (Å²) >= 11 is 0. The Balaban J connectivity index is 2.04. The highest BCUT2D eigenvalue weighted by atomic mass is 16.5. The van der Waals surface area contributed by atoms with Crippen LogP contribution in [0.2, 0.25) is 0 Å². The van der Waals surface area contributed by atoms with Crippen molar-refractivity contribution in [2.75, 3.05) is 26.0 Å². The number of benzene rings is 2. The van der Waals surface area contributed by atoms with E-state index in [4.69, 9.17) is 4.74 Å². The molecule has 2 aromatic rings. The van der Waals surface area contributed by atoms with E-state index in [2.05, 4.69) is 19.2 Å². The molecular formula is C20H24N2O3. The number of carbonyl (C=O) groups excluding carboxylic acids is 2. The average molecular weight is 340 g/mol. The number of hydrogen-bond donors (Lipinski definition) is 1. The number of nitrogens with one attached hydrogen (secondary N) is 1. The summed E-state index contributed by atoms with van der Waals surface area (Å²) in [6.07, 6.45) is 0. The molecule has 0 bridgehead atoms. The second-order valence-electron chi connectivity index (χ2n) is 6.46. The van der Waals surface area contributed by atoms with Gasteiger partial charge in [0, 0.05) is 30.9 Å². The lowest BCUT2D eigenvalue weighted by Gasteiger charge is -2.12. The highest BCUT2D eigenvalue weighted by Gasteiger charge is 2.10. The standard InChI is InChI=1S/C20H24N2O3/c1-14(2)13-25-18-7-5-6-16(12-18)19(23)21-17-10-8-15(9-11-17)20(24)22(3)4/h5-12,14H,13H2,1-4H3,(H,21,23). The minimum absolute atomic E-state index is 0.0760. The van der Waals surface area contributed by atoms with Crippen molar-refractivity contribution in [2.24, 2.45) is 5.92 Å². The van der Waals surface area contributed by atoms with Crippen LogP contribution in [0.3, 0.4) is 0 Å². The first-order chi connectivity index (χ1) is 11.9. The minimum Gasteiger partial charge on any atom is -0.493 e. The van der Waals surface area contributed by atoms with Crippen molar-refractivity contribution in [3.63, 3.8) is 0 Å². The molecule has 0 aliphatic rings. The van der Waals surface area contributed by atoms with Crippen LogP contribution in [0.5, 0.6) is 5.75 Å². The van der Waals surface area contributed by atoms with Gasteiger partial charge in [0.2, 0.25) is 0 Å². The second kappa shape index (κ2) is 8.33. The number of nitrogens with zero attached hydrogens (tertiary/aromatic N) is 1. The van der Waals surface area contributed by atoms with Crippen LogP contribution in [-0.2, 0) is 0 Å². The van der Waals surface area contributed by atoms with Gasteiger partial charge in [-0.2, -0.15) is 0 Å². The third-order valence-electron chi connectivity index (χ3n) is 3.48. The first kappa shape index (κ1) is 18.5. The Bertz CT molecular complexity index is 737. The Hall–Kier alpha value is -2.82. The Morgan fingerprint density at radius 1 is 1.04 bits per heavy atom. The molecule has 0 unspecified atom stereocenters. The third-order valence-corrected chi connectivity index (χ3v) is 3.48. The molecule has 0 radical (unpaired) electrons. The fraction of sp³-hybridized carbons (Fsp3) is 0.300. The summed E-state index contributed by atoms with van der Waals surface area (Å²) in [5.41, 5.74) is 1.73. The van der Waals surface area contributed by atoms with Gasteiger partial charge in [-0.1, -0.05) is 19.9 Å². The summed E-state index contributed by atoms with van der Waals surface area (Å²) < 4.78 is 5.65. The van der Waals surface area contributed by atoms with E-state index >= 15 is 0 Å². The van der Waals surface area contributed by atoms with Crippen molar-refractivity contribution < 1.29 is 14.3 Å². The molecule has 0 saturated heterocycles. The topological polar surface area (TPSA) is 58.6 Å². The molecule has 0 heterocycles. The van der Waals surface area contributed by atoms with Gasteiger partial charge in [-0.25, -0.2) is 0 Å². The molecule has 0 fully saturated rings. The van der Waals surface area contributed by atoms with E-state index in [1.165, 1.54) is 4.90 Å². The molecule has 0 atom stereocenters. The van der Waals surface area contributed by atoms with Crippen LogP contribution in [0, 0.1) is 5.92 Å². The first-order valence-corrected chi connectivity index (χ1v) is 8.22. The van der Waals surface area contributed by atoms with Gasteiger partial charge in [0.05, 0.1) is 6.61 Å². The van der Waals surface area contributed by atoms with E-state index < -0.39 is 0 Å². The molecule has 2 rings (SSSR count). The van der Waals surface area contributed by atoms with Gasteiger partial charge < -0.3 is 15.0 Å². The van der Waals surface area contributed by atoms with Crippen LogP contribution in [0.25, 0.3) is 0 Å². The summed E-state index contributed by atoms with van der Waals surface area (Å²) in [5.74, 6) is 0.795. The van der Waals surface area contributed by atoms with Crippen molar-refractivity contribution in [3.05, 3.63) is 59.7 Å². The molecule has 2 amide bonds. The second-order valence-corrected chi connectivity index (χ2v) is 6.46. The largest absolute Gasteiger partial charge is 0.493 e. The lowest BCUT2D eigenvalue weighted by Crippen LogP contribution is -2.21. The summed E-state index contributed by atoms with van der Waals surface area (Å²) in [6.45, 7) is 4.75. The summed E-state index contributed by atoms with van der Waals surface area (Å²) in [5, 5.41) is 2.83. The van der Waals surface area contributed by atoms with Crippen molar-refractivity contribution in [1.82, 2.24) is 4.90 Å². The van der Waals surface area contributed by atoms with Crippen molar-refractivity contribution in [3.8, 4) is 5.75 Å². The van der Waals surface area contributed by atoms with Crippen molar-refractivity contribution in [2.45, 2.75) is 13.8 Å². The van der Waals surface area contributed by atoms with Gasteiger partial charge in [-0.05, 0) is 48.4 Å². The lowest BCUT2D eigenvalue weighted by atomic mass is 10.1. The van der Waals surface area contributed by atoms with Crippen LogP contribution in [0.1, 0.15) is 34.6 Å². The number of amides is 2. The molecule has 0 saturated carbocycles. The molecule has 1 N–H and O–H groups in total. The quantitative estimate of drug-likeness (QED) is 0.873. The zero-order valence-corrected chi connectivity index (χ0v) is 15.1. The number of anilines is 1. The van der Waals surface area contributed by atoms with Gasteiger partial charge in [0.1, 0.15) is 5.75 Å². The monoisotopic (exact) mass is 340 g/mol. The molecule has 2 aromatic carbocycles. The van der Waals surface area contributed by atoms with E-state index in [-0.39, 0.29) is 11.8 Å². The number of ether oxygens (including phenoxy) is 1. The lowest BCUT2D eigenvalue weighted by molar-refractivity contribution is 0.0827. The highest BCUT2D eigenvalue weighted by Crippen LogP contribution is 2.17. The minimum atomic E-state index is -0.221. The summed E-state index contributed by atoms with van der Waals surface area (Å²) in [7, 11) is 3.40. The predicted octanol–water partition coefficient (Wildman–Crippen LogP) is 3.68. The number of hydrogen-bond acceptors (Lipinski definition) is 3. The van der Waals surface area contributed by atoms with Crippen LogP contribution in [-0.4, -0.2) is 37.4 Å². The Morgan fingerprint density at radius 2 is 1.72 bits per heavy atom. The van der Waals surface area contributed by atoms with Crippen LogP contribution in [0.15, 0.2) is 48.5 Å². The van der Waals surface area contributed by atoms with Crippen molar-refractivity contribution >= 4 is 17.5 Å². The molecular weight excluding hydrogens is 316 g/mol. The zero-order chi connectivity index (χ0) is 18.4. The van der Waals surface area contributed by atoms with E-state index in [1.54, 1.807) is 56.6 Å². The third kappa shape index (κ3) is 5.35. The van der Waals surface area contributed by atoms with Crippen LogP contribution < -0.4 is 10.1 Å². The Kier molecular flexibility index (Phi) is 6.17. The Labute approximate surface area is 148 Å². The summed E-state index contributed by atoms with van der Waals surface area (Å²) in [6, 6.07) is 13.9. The highest BCUT2D eigenvalue weighted by molar-refractivity contribution is 6.04. The SMILES string of the molecule is CC(C)COc1cccc(C(=O)Nc2ccc(C(=O)N(C)C)cc2)c1. The smallest absolute Gasteiger partial charge is 0.255 e. The van der Waals surface area contributed by atoms with Crippen LogP contribution >= 0.6 is 0 Å². The zero-order valence-electron chi connectivity index (χ0n) is 15.1. The average Bonchev–Trinajstić information content (AvgIpc) is 2.60. The van der Waals surface area contributed by atoms with Crippen molar-refractivity contribution in [1.29, 1.82) is 0 Å².